The molecule has 0 saturated heterocycles. The van der Waals surface area contributed by atoms with Crippen LogP contribution in [0.25, 0.3) is 0 Å². The Kier molecular flexibility index (Phi) is 5.66. The number of hydrogen-bond acceptors (Lipinski definition) is 3. The minimum absolute atomic E-state index is 0.474. The minimum Gasteiger partial charge on any atom is -0.480 e. The highest BCUT2D eigenvalue weighted by Gasteiger charge is 2.20. The quantitative estimate of drug-likeness (QED) is 0.508. The predicted molar refractivity (Wildman–Crippen MR) is 45.8 cm³/mol. The molecule has 72 valence electrons. The maximum atomic E-state index is 10.3. The van der Waals surface area contributed by atoms with Crippen LogP contribution in [-0.4, -0.2) is 28.3 Å². The molecule has 0 aliphatic heterocycles. The third kappa shape index (κ3) is 4.31. The molecule has 12 heavy (non-hydrogen) atoms. The van der Waals surface area contributed by atoms with Crippen molar-refractivity contribution in [1.29, 1.82) is 0 Å². The highest BCUT2D eigenvalue weighted by Crippen LogP contribution is 2.05. The first-order valence-corrected chi connectivity index (χ1v) is 4.26. The van der Waals surface area contributed by atoms with E-state index in [-0.39, 0.29) is 0 Å². The van der Waals surface area contributed by atoms with Gasteiger partial charge in [0.05, 0.1) is 6.10 Å². The zero-order valence-corrected chi connectivity index (χ0v) is 7.36. The fourth-order valence-corrected chi connectivity index (χ4v) is 0.948. The lowest BCUT2D eigenvalue weighted by atomic mass is 10.1. The molecule has 0 saturated carbocycles. The average Bonchev–Trinajstić information content (AvgIpc) is 2.03. The molecule has 4 heteroatoms. The molecular weight excluding hydrogens is 158 g/mol. The van der Waals surface area contributed by atoms with Gasteiger partial charge in [-0.2, -0.15) is 0 Å². The summed E-state index contributed by atoms with van der Waals surface area (Å²) in [5.74, 6) is -1.14. The summed E-state index contributed by atoms with van der Waals surface area (Å²) < 4.78 is 0. The highest BCUT2D eigenvalue weighted by molar-refractivity contribution is 5.73. The van der Waals surface area contributed by atoms with E-state index >= 15 is 0 Å². The number of unbranched alkanes of at least 4 members (excludes halogenated alkanes) is 2. The van der Waals surface area contributed by atoms with E-state index in [0.717, 1.165) is 19.3 Å². The van der Waals surface area contributed by atoms with Crippen molar-refractivity contribution < 1.29 is 15.0 Å². The number of aliphatic hydroxyl groups is 1. The molecule has 0 rings (SSSR count). The van der Waals surface area contributed by atoms with Gasteiger partial charge >= 0.3 is 5.97 Å². The van der Waals surface area contributed by atoms with E-state index < -0.39 is 18.1 Å². The van der Waals surface area contributed by atoms with Crippen LogP contribution in [0.2, 0.25) is 0 Å². The van der Waals surface area contributed by atoms with Gasteiger partial charge in [0.25, 0.3) is 0 Å². The number of aliphatic hydroxyl groups excluding tert-OH is 1. The van der Waals surface area contributed by atoms with Crippen molar-refractivity contribution in [3.63, 3.8) is 0 Å². The van der Waals surface area contributed by atoms with E-state index in [4.69, 9.17) is 10.8 Å². The largest absolute Gasteiger partial charge is 0.480 e. The molecule has 0 amide bonds. The molecule has 0 spiro atoms. The molecule has 0 heterocycles. The van der Waals surface area contributed by atoms with E-state index in [2.05, 4.69) is 0 Å². The van der Waals surface area contributed by atoms with Crippen molar-refractivity contribution in [2.24, 2.45) is 5.73 Å². The van der Waals surface area contributed by atoms with Gasteiger partial charge in [-0.1, -0.05) is 26.2 Å². The van der Waals surface area contributed by atoms with Crippen molar-refractivity contribution in [3.8, 4) is 0 Å². The second-order valence-electron chi connectivity index (χ2n) is 2.93. The molecule has 0 aliphatic carbocycles. The zero-order chi connectivity index (χ0) is 9.56. The van der Waals surface area contributed by atoms with Gasteiger partial charge in [0, 0.05) is 0 Å². The zero-order valence-electron chi connectivity index (χ0n) is 7.36. The van der Waals surface area contributed by atoms with Crippen LogP contribution in [0.4, 0.5) is 0 Å². The first-order chi connectivity index (χ1) is 5.59. The summed E-state index contributed by atoms with van der Waals surface area (Å²) >= 11 is 0. The fraction of sp³-hybridized carbons (Fsp3) is 0.875. The Balaban J connectivity index is 3.56. The van der Waals surface area contributed by atoms with Gasteiger partial charge in [0.2, 0.25) is 0 Å². The van der Waals surface area contributed by atoms with Crippen LogP contribution in [-0.2, 0) is 4.79 Å². The Morgan fingerprint density at radius 1 is 1.50 bits per heavy atom. The maximum Gasteiger partial charge on any atom is 0.323 e. The van der Waals surface area contributed by atoms with Crippen molar-refractivity contribution in [2.45, 2.75) is 44.8 Å². The summed E-state index contributed by atoms with van der Waals surface area (Å²) in [4.78, 5) is 10.3. The SMILES string of the molecule is CCCCC[C@H](O)[C@@H](N)C(=O)O. The number of carbonyl (C=O) groups is 1. The number of carboxylic acid groups (broad SMARTS) is 1. The van der Waals surface area contributed by atoms with Crippen molar-refractivity contribution in [1.82, 2.24) is 0 Å². The summed E-state index contributed by atoms with van der Waals surface area (Å²) in [7, 11) is 0. The number of hydrogen-bond donors (Lipinski definition) is 3. The summed E-state index contributed by atoms with van der Waals surface area (Å²) in [5.41, 5.74) is 5.19. The normalized spacial score (nSPS) is 15.6. The molecule has 0 fully saturated rings. The molecular formula is C8H17NO3. The smallest absolute Gasteiger partial charge is 0.323 e. The summed E-state index contributed by atoms with van der Waals surface area (Å²) in [6, 6.07) is -1.14. The second-order valence-corrected chi connectivity index (χ2v) is 2.93. The Morgan fingerprint density at radius 2 is 2.08 bits per heavy atom. The van der Waals surface area contributed by atoms with Gasteiger partial charge in [-0.25, -0.2) is 0 Å². The van der Waals surface area contributed by atoms with Crippen molar-refractivity contribution in [3.05, 3.63) is 0 Å². The second kappa shape index (κ2) is 5.97. The topological polar surface area (TPSA) is 83.5 Å². The fourth-order valence-electron chi connectivity index (χ4n) is 0.948. The first kappa shape index (κ1) is 11.4. The van der Waals surface area contributed by atoms with Gasteiger partial charge in [-0.15, -0.1) is 0 Å². The molecule has 2 atom stereocenters. The van der Waals surface area contributed by atoms with Gasteiger partial charge in [0.15, 0.2) is 0 Å². The summed E-state index contributed by atoms with van der Waals surface area (Å²) in [6.07, 6.45) is 2.45. The third-order valence-electron chi connectivity index (χ3n) is 1.80. The lowest BCUT2D eigenvalue weighted by Crippen LogP contribution is -2.41. The van der Waals surface area contributed by atoms with Crippen LogP contribution in [0.15, 0.2) is 0 Å². The van der Waals surface area contributed by atoms with E-state index in [0.29, 0.717) is 6.42 Å². The average molecular weight is 175 g/mol. The molecule has 4 nitrogen and oxygen atoms in total. The third-order valence-corrected chi connectivity index (χ3v) is 1.80. The lowest BCUT2D eigenvalue weighted by Gasteiger charge is -2.13. The lowest BCUT2D eigenvalue weighted by molar-refractivity contribution is -0.141. The van der Waals surface area contributed by atoms with E-state index in [9.17, 15) is 9.90 Å². The molecule has 0 unspecified atom stereocenters. The Labute approximate surface area is 72.4 Å². The number of nitrogens with two attached hydrogens (primary N) is 1. The van der Waals surface area contributed by atoms with Crippen molar-refractivity contribution >= 4 is 5.97 Å². The first-order valence-electron chi connectivity index (χ1n) is 4.26. The van der Waals surface area contributed by atoms with Crippen LogP contribution in [0.1, 0.15) is 32.6 Å². The molecule has 0 aromatic carbocycles. The Morgan fingerprint density at radius 3 is 2.50 bits per heavy atom. The summed E-state index contributed by atoms with van der Waals surface area (Å²) in [6.45, 7) is 2.05. The van der Waals surface area contributed by atoms with Gasteiger partial charge in [-0.05, 0) is 6.42 Å². The molecule has 0 bridgehead atoms. The van der Waals surface area contributed by atoms with Crippen LogP contribution in [0.3, 0.4) is 0 Å². The maximum absolute atomic E-state index is 10.3. The van der Waals surface area contributed by atoms with Gasteiger partial charge in [0.1, 0.15) is 6.04 Å². The molecule has 4 N–H and O–H groups in total. The van der Waals surface area contributed by atoms with E-state index in [1.165, 1.54) is 0 Å². The van der Waals surface area contributed by atoms with Gasteiger partial charge < -0.3 is 15.9 Å². The number of aliphatic carboxylic acids is 1. The Hall–Kier alpha value is -0.610. The molecule has 0 aromatic rings. The predicted octanol–water partition coefficient (Wildman–Crippen LogP) is 0.339. The Bertz CT molecular complexity index is 138. The van der Waals surface area contributed by atoms with Crippen LogP contribution < -0.4 is 5.73 Å². The minimum atomic E-state index is -1.14. The van der Waals surface area contributed by atoms with Crippen LogP contribution >= 0.6 is 0 Å². The van der Waals surface area contributed by atoms with Crippen molar-refractivity contribution in [2.75, 3.05) is 0 Å². The van der Waals surface area contributed by atoms with E-state index in [1.54, 1.807) is 0 Å². The molecule has 0 radical (unpaired) electrons. The standard InChI is InChI=1S/C8H17NO3/c1-2-3-4-5-6(10)7(9)8(11)12/h6-7,10H,2-5,9H2,1H3,(H,11,12)/t6-,7+/m0/s1. The van der Waals surface area contributed by atoms with Crippen LogP contribution in [0, 0.1) is 0 Å². The van der Waals surface area contributed by atoms with Crippen LogP contribution in [0.5, 0.6) is 0 Å². The molecule has 0 aromatic heterocycles. The summed E-state index contributed by atoms with van der Waals surface area (Å²) in [5, 5.41) is 17.6. The van der Waals surface area contributed by atoms with E-state index in [1.807, 2.05) is 6.92 Å². The number of carboxylic acids is 1. The monoisotopic (exact) mass is 175 g/mol. The molecule has 0 aliphatic rings. The van der Waals surface area contributed by atoms with Gasteiger partial charge in [-0.3, -0.25) is 4.79 Å². The highest BCUT2D eigenvalue weighted by atomic mass is 16.4. The number of rotatable bonds is 6.